The minimum absolute atomic E-state index is 0.0267. The third kappa shape index (κ3) is 4.62. The fourth-order valence-corrected chi connectivity index (χ4v) is 2.65. The summed E-state index contributed by atoms with van der Waals surface area (Å²) in [5.41, 5.74) is 0.888. The number of rotatable bonds is 4. The van der Waals surface area contributed by atoms with Gasteiger partial charge in [0.15, 0.2) is 0 Å². The molecule has 0 spiro atoms. The Kier molecular flexibility index (Phi) is 5.74. The van der Waals surface area contributed by atoms with Gasteiger partial charge < -0.3 is 10.1 Å². The summed E-state index contributed by atoms with van der Waals surface area (Å²) in [6.07, 6.45) is 1.06. The highest BCUT2D eigenvalue weighted by atomic mass is 35.5. The van der Waals surface area contributed by atoms with E-state index in [1.54, 1.807) is 24.3 Å². The van der Waals surface area contributed by atoms with Crippen LogP contribution in [0.25, 0.3) is 0 Å². The zero-order chi connectivity index (χ0) is 17.9. The molecule has 10 heteroatoms. The van der Waals surface area contributed by atoms with Crippen molar-refractivity contribution in [3.63, 3.8) is 0 Å². The highest BCUT2D eigenvalue weighted by Crippen LogP contribution is 2.30. The van der Waals surface area contributed by atoms with Crippen molar-refractivity contribution in [1.82, 2.24) is 5.32 Å². The summed E-state index contributed by atoms with van der Waals surface area (Å²) < 4.78 is 31.4. The largest absolute Gasteiger partial charge is 0.464 e. The van der Waals surface area contributed by atoms with Crippen molar-refractivity contribution in [2.24, 2.45) is 5.16 Å². The van der Waals surface area contributed by atoms with Crippen LogP contribution in [0, 0.1) is 0 Å². The average Bonchev–Trinajstić information content (AvgIpc) is 2.53. The lowest BCUT2D eigenvalue weighted by atomic mass is 9.97. The van der Waals surface area contributed by atoms with E-state index in [-0.39, 0.29) is 28.9 Å². The number of nitrogens with zero attached hydrogens (tertiary/aromatic N) is 1. The molecular weight excluding hydrogens is 379 g/mol. The van der Waals surface area contributed by atoms with Gasteiger partial charge in [0.25, 0.3) is 0 Å². The maximum Gasteiger partial charge on any atom is 0.355 e. The van der Waals surface area contributed by atoms with E-state index < -0.39 is 16.1 Å². The van der Waals surface area contributed by atoms with E-state index >= 15 is 0 Å². The van der Waals surface area contributed by atoms with Crippen LogP contribution >= 0.6 is 23.2 Å². The summed E-state index contributed by atoms with van der Waals surface area (Å²) in [7, 11) is -2.60. The lowest BCUT2D eigenvalue weighted by Gasteiger charge is -2.27. The first-order valence-corrected chi connectivity index (χ1v) is 9.24. The van der Waals surface area contributed by atoms with Crippen molar-refractivity contribution in [3.8, 4) is 0 Å². The molecule has 1 aromatic carbocycles. The molecule has 1 heterocycles. The Morgan fingerprint density at radius 3 is 2.46 bits per heavy atom. The normalized spacial score (nSPS) is 19.8. The highest BCUT2D eigenvalue weighted by molar-refractivity contribution is 7.85. The third-order valence-corrected chi connectivity index (χ3v) is 4.14. The lowest BCUT2D eigenvalue weighted by Crippen LogP contribution is -2.34. The van der Waals surface area contributed by atoms with Crippen LogP contribution in [0.4, 0.5) is 0 Å². The van der Waals surface area contributed by atoms with Crippen molar-refractivity contribution >= 4 is 45.0 Å². The van der Waals surface area contributed by atoms with E-state index in [0.29, 0.717) is 5.02 Å². The molecule has 24 heavy (non-hydrogen) atoms. The molecule has 130 valence electrons. The summed E-state index contributed by atoms with van der Waals surface area (Å²) in [6.45, 7) is 0. The van der Waals surface area contributed by atoms with Crippen LogP contribution < -0.4 is 5.32 Å². The SMILES string of the molecule is COC(=O)C1=C(Cl)/C(=N/OS(C)(=O)=O)CC(c2ccc(Cl)cc2)N1. The van der Waals surface area contributed by atoms with E-state index in [1.807, 2.05) is 0 Å². The van der Waals surface area contributed by atoms with Gasteiger partial charge in [-0.1, -0.05) is 40.5 Å². The molecule has 0 aliphatic carbocycles. The van der Waals surface area contributed by atoms with E-state index in [1.165, 1.54) is 7.11 Å². The molecule has 7 nitrogen and oxygen atoms in total. The predicted molar refractivity (Wildman–Crippen MR) is 90.2 cm³/mol. The Bertz CT molecular complexity index is 803. The topological polar surface area (TPSA) is 94.1 Å². The molecule has 0 amide bonds. The first-order valence-electron chi connectivity index (χ1n) is 6.67. The molecule has 1 aliphatic heterocycles. The molecule has 2 rings (SSSR count). The molecule has 0 bridgehead atoms. The third-order valence-electron chi connectivity index (χ3n) is 3.13. The van der Waals surface area contributed by atoms with Crippen molar-refractivity contribution in [2.45, 2.75) is 12.5 Å². The van der Waals surface area contributed by atoms with E-state index in [4.69, 9.17) is 23.2 Å². The molecule has 1 unspecified atom stereocenters. The number of hydrogen-bond donors (Lipinski definition) is 1. The number of oxime groups is 1. The molecule has 1 atom stereocenters. The van der Waals surface area contributed by atoms with Gasteiger partial charge in [0, 0.05) is 11.4 Å². The number of benzene rings is 1. The number of carbonyl (C=O) groups is 1. The quantitative estimate of drug-likeness (QED) is 0.623. The van der Waals surface area contributed by atoms with Gasteiger partial charge in [-0.05, 0) is 17.7 Å². The van der Waals surface area contributed by atoms with Crippen molar-refractivity contribution in [1.29, 1.82) is 0 Å². The lowest BCUT2D eigenvalue weighted by molar-refractivity contribution is -0.136. The Hall–Kier alpha value is -1.77. The molecule has 0 aromatic heterocycles. The van der Waals surface area contributed by atoms with E-state index in [0.717, 1.165) is 11.8 Å². The summed E-state index contributed by atoms with van der Waals surface area (Å²) in [4.78, 5) is 11.9. The minimum atomic E-state index is -3.80. The standard InChI is InChI=1S/C14H14Cl2N2O5S/c1-22-14(19)13-12(16)11(18-23-24(2,20)21)7-10(17-13)8-3-5-9(15)6-4-8/h3-6,10,17H,7H2,1-2H3/b18-11+. The number of esters is 1. The number of nitrogens with one attached hydrogen (secondary N) is 1. The van der Waals surface area contributed by atoms with Crippen molar-refractivity contribution in [3.05, 3.63) is 45.6 Å². The number of methoxy groups -OCH3 is 1. The van der Waals surface area contributed by atoms with Gasteiger partial charge in [-0.2, -0.15) is 8.42 Å². The highest BCUT2D eigenvalue weighted by Gasteiger charge is 2.30. The number of allylic oxidation sites excluding steroid dienone is 1. The molecule has 1 N–H and O–H groups in total. The second-order valence-electron chi connectivity index (χ2n) is 4.95. The van der Waals surface area contributed by atoms with Crippen LogP contribution in [-0.4, -0.2) is 33.5 Å². The number of carbonyl (C=O) groups excluding carboxylic acids is 1. The van der Waals surface area contributed by atoms with Crippen molar-refractivity contribution < 1.29 is 22.2 Å². The first kappa shape index (κ1) is 18.6. The van der Waals surface area contributed by atoms with Gasteiger partial charge in [0.1, 0.15) is 11.4 Å². The second kappa shape index (κ2) is 7.42. The van der Waals surface area contributed by atoms with Gasteiger partial charge in [0.05, 0.1) is 24.4 Å². The summed E-state index contributed by atoms with van der Waals surface area (Å²) >= 11 is 12.0. The smallest absolute Gasteiger partial charge is 0.355 e. The van der Waals surface area contributed by atoms with Crippen LogP contribution in [0.2, 0.25) is 5.02 Å². The molecule has 0 fully saturated rings. The predicted octanol–water partition coefficient (Wildman–Crippen LogP) is 2.33. The Balaban J connectivity index is 2.41. The molecule has 1 aromatic rings. The molecular formula is C14H14Cl2N2O5S. The van der Waals surface area contributed by atoms with Gasteiger partial charge in [-0.15, -0.1) is 0 Å². The zero-order valence-corrected chi connectivity index (χ0v) is 15.1. The van der Waals surface area contributed by atoms with Gasteiger partial charge in [0.2, 0.25) is 0 Å². The number of hydrogen-bond acceptors (Lipinski definition) is 7. The van der Waals surface area contributed by atoms with Crippen LogP contribution in [0.3, 0.4) is 0 Å². The molecule has 0 saturated heterocycles. The van der Waals surface area contributed by atoms with Crippen LogP contribution in [0.15, 0.2) is 40.2 Å². The fourth-order valence-electron chi connectivity index (χ4n) is 2.05. The maximum absolute atomic E-state index is 11.9. The van der Waals surface area contributed by atoms with Crippen LogP contribution in [-0.2, 0) is 23.9 Å². The van der Waals surface area contributed by atoms with Crippen LogP contribution in [0.1, 0.15) is 18.0 Å². The minimum Gasteiger partial charge on any atom is -0.464 e. The zero-order valence-electron chi connectivity index (χ0n) is 12.7. The fraction of sp³-hybridized carbons (Fsp3) is 0.286. The van der Waals surface area contributed by atoms with Crippen molar-refractivity contribution in [2.75, 3.05) is 13.4 Å². The average molecular weight is 393 g/mol. The Labute approximate surface area is 149 Å². The number of halogens is 2. The maximum atomic E-state index is 11.9. The van der Waals surface area contributed by atoms with E-state index in [2.05, 4.69) is 19.5 Å². The summed E-state index contributed by atoms with van der Waals surface area (Å²) in [6, 6.07) is 6.54. The Morgan fingerprint density at radius 2 is 1.92 bits per heavy atom. The second-order valence-corrected chi connectivity index (χ2v) is 7.32. The molecule has 0 saturated carbocycles. The number of ether oxygens (including phenoxy) is 1. The van der Waals surface area contributed by atoms with Gasteiger partial charge in [-0.25, -0.2) is 4.79 Å². The first-order chi connectivity index (χ1) is 11.2. The van der Waals surface area contributed by atoms with Gasteiger partial charge in [-0.3, -0.25) is 4.28 Å². The van der Waals surface area contributed by atoms with E-state index in [9.17, 15) is 13.2 Å². The summed E-state index contributed by atoms with van der Waals surface area (Å²) in [5.74, 6) is -0.703. The van der Waals surface area contributed by atoms with Crippen LogP contribution in [0.5, 0.6) is 0 Å². The Morgan fingerprint density at radius 1 is 1.29 bits per heavy atom. The van der Waals surface area contributed by atoms with Gasteiger partial charge >= 0.3 is 16.1 Å². The summed E-state index contributed by atoms with van der Waals surface area (Å²) in [5, 5.41) is 7.02. The molecule has 0 radical (unpaired) electrons. The molecule has 1 aliphatic rings. The monoisotopic (exact) mass is 392 g/mol.